The van der Waals surface area contributed by atoms with Crippen LogP contribution in [0.3, 0.4) is 0 Å². The lowest BCUT2D eigenvalue weighted by molar-refractivity contribution is -0.105. The first-order valence-corrected chi connectivity index (χ1v) is 3.28. The molecule has 0 saturated carbocycles. The summed E-state index contributed by atoms with van der Waals surface area (Å²) in [5, 5.41) is 0. The maximum atomic E-state index is 10.3. The largest absolute Gasteiger partial charge is 0.472 e. The highest BCUT2D eigenvalue weighted by atomic mass is 35.5. The van der Waals surface area contributed by atoms with Gasteiger partial charge in [-0.1, -0.05) is 0 Å². The zero-order valence-corrected chi connectivity index (χ0v) is 6.55. The smallest absolute Gasteiger partial charge is 0.183 e. The van der Waals surface area contributed by atoms with Crippen molar-refractivity contribution in [3.05, 3.63) is 11.5 Å². The second kappa shape index (κ2) is 2.50. The molecule has 1 heterocycles. The first-order valence-electron chi connectivity index (χ1n) is 2.94. The van der Waals surface area contributed by atoms with Gasteiger partial charge in [0.15, 0.2) is 12.5 Å². The molecule has 3 nitrogen and oxygen atoms in total. The van der Waals surface area contributed by atoms with Gasteiger partial charge in [0, 0.05) is 11.8 Å². The molecule has 0 saturated heterocycles. The normalized spacial score (nSPS) is 25.1. The Hall–Kier alpha value is -0.700. The van der Waals surface area contributed by atoms with E-state index in [1.165, 1.54) is 4.42 Å². The van der Waals surface area contributed by atoms with Crippen molar-refractivity contribution < 1.29 is 9.53 Å². The van der Waals surface area contributed by atoms with Crippen molar-refractivity contribution in [2.45, 2.75) is 20.1 Å². The van der Waals surface area contributed by atoms with E-state index in [-0.39, 0.29) is 6.23 Å². The molecule has 56 valence electrons. The molecule has 0 bridgehead atoms. The molecule has 0 fully saturated rings. The Bertz CT molecular complexity index is 190. The van der Waals surface area contributed by atoms with Gasteiger partial charge in [0.05, 0.1) is 0 Å². The van der Waals surface area contributed by atoms with E-state index >= 15 is 0 Å². The Balaban J connectivity index is 2.84. The van der Waals surface area contributed by atoms with Crippen LogP contribution in [0.25, 0.3) is 0 Å². The van der Waals surface area contributed by atoms with Crippen LogP contribution in [0.15, 0.2) is 11.5 Å². The second-order valence-corrected chi connectivity index (χ2v) is 2.45. The Morgan fingerprint density at radius 1 is 1.80 bits per heavy atom. The maximum Gasteiger partial charge on any atom is 0.183 e. The van der Waals surface area contributed by atoms with Crippen LogP contribution >= 0.6 is 11.8 Å². The third-order valence-electron chi connectivity index (χ3n) is 1.37. The number of carbonyl (C=O) groups is 1. The van der Waals surface area contributed by atoms with E-state index < -0.39 is 0 Å². The monoisotopic (exact) mass is 161 g/mol. The van der Waals surface area contributed by atoms with Gasteiger partial charge >= 0.3 is 0 Å². The minimum atomic E-state index is -0.234. The average Bonchev–Trinajstić information content (AvgIpc) is 2.09. The number of allylic oxidation sites excluding steroid dienone is 2. The van der Waals surface area contributed by atoms with Crippen molar-refractivity contribution in [2.24, 2.45) is 0 Å². The van der Waals surface area contributed by atoms with Crippen molar-refractivity contribution in [3.8, 4) is 0 Å². The number of hydrogen-bond donors (Lipinski definition) is 0. The van der Waals surface area contributed by atoms with Gasteiger partial charge in [-0.3, -0.25) is 4.79 Å². The van der Waals surface area contributed by atoms with Crippen molar-refractivity contribution >= 4 is 18.1 Å². The third-order valence-corrected chi connectivity index (χ3v) is 1.83. The van der Waals surface area contributed by atoms with Crippen molar-refractivity contribution in [1.29, 1.82) is 0 Å². The topological polar surface area (TPSA) is 29.5 Å². The van der Waals surface area contributed by atoms with Gasteiger partial charge in [0.1, 0.15) is 11.5 Å². The Kier molecular flexibility index (Phi) is 1.85. The quantitative estimate of drug-likeness (QED) is 0.428. The molecule has 1 aliphatic rings. The fourth-order valence-corrected chi connectivity index (χ4v) is 1.04. The summed E-state index contributed by atoms with van der Waals surface area (Å²) in [5.41, 5.74) is 0.411. The summed E-state index contributed by atoms with van der Waals surface area (Å²) in [6, 6.07) is 0. The third kappa shape index (κ3) is 0.968. The highest BCUT2D eigenvalue weighted by Crippen LogP contribution is 2.25. The van der Waals surface area contributed by atoms with Crippen molar-refractivity contribution in [3.63, 3.8) is 0 Å². The lowest BCUT2D eigenvalue weighted by Gasteiger charge is -2.12. The predicted molar refractivity (Wildman–Crippen MR) is 37.0 cm³/mol. The van der Waals surface area contributed by atoms with Gasteiger partial charge in [-0.25, -0.2) is 4.42 Å². The van der Waals surface area contributed by atoms with E-state index in [0.29, 0.717) is 17.7 Å². The number of aldehydes is 1. The molecule has 0 spiro atoms. The average molecular weight is 162 g/mol. The van der Waals surface area contributed by atoms with Crippen molar-refractivity contribution in [2.75, 3.05) is 0 Å². The van der Waals surface area contributed by atoms with Crippen LogP contribution in [0.1, 0.15) is 13.8 Å². The molecule has 0 N–H and O–H groups in total. The summed E-state index contributed by atoms with van der Waals surface area (Å²) in [6.07, 6.45) is 0.452. The number of hydrogen-bond acceptors (Lipinski definition) is 3. The molecular formula is C6H8ClNO2. The van der Waals surface area contributed by atoms with Gasteiger partial charge in [0.25, 0.3) is 0 Å². The minimum Gasteiger partial charge on any atom is -0.472 e. The molecule has 1 aliphatic heterocycles. The molecule has 1 rings (SSSR count). The summed E-state index contributed by atoms with van der Waals surface area (Å²) in [7, 11) is 0. The van der Waals surface area contributed by atoms with E-state index in [9.17, 15) is 4.79 Å². The summed E-state index contributed by atoms with van der Waals surface area (Å²) < 4.78 is 6.40. The Morgan fingerprint density at radius 3 is 2.60 bits per heavy atom. The zero-order chi connectivity index (χ0) is 7.72. The fourth-order valence-electron chi connectivity index (χ4n) is 0.842. The van der Waals surface area contributed by atoms with Gasteiger partial charge in [0.2, 0.25) is 0 Å². The minimum absolute atomic E-state index is 0.234. The van der Waals surface area contributed by atoms with Crippen molar-refractivity contribution in [1.82, 2.24) is 4.42 Å². The molecule has 0 aromatic rings. The predicted octanol–water partition coefficient (Wildman–Crippen LogP) is 1.25. The first-order chi connectivity index (χ1) is 4.66. The van der Waals surface area contributed by atoms with Gasteiger partial charge in [-0.2, -0.15) is 0 Å². The molecule has 10 heavy (non-hydrogen) atoms. The molecule has 1 atom stereocenters. The molecule has 0 aromatic carbocycles. The zero-order valence-electron chi connectivity index (χ0n) is 5.80. The van der Waals surface area contributed by atoms with Crippen LogP contribution in [-0.2, 0) is 9.53 Å². The highest BCUT2D eigenvalue weighted by molar-refractivity contribution is 6.16. The molecule has 1 unspecified atom stereocenters. The molecule has 0 aromatic heterocycles. The number of ether oxygens (including phenoxy) is 1. The summed E-state index contributed by atoms with van der Waals surface area (Å²) in [5.74, 6) is 0.581. The van der Waals surface area contributed by atoms with E-state index in [4.69, 9.17) is 16.5 Å². The van der Waals surface area contributed by atoms with Gasteiger partial charge in [-0.15, -0.1) is 0 Å². The summed E-state index contributed by atoms with van der Waals surface area (Å²) in [6.45, 7) is 3.48. The van der Waals surface area contributed by atoms with Crippen LogP contribution < -0.4 is 0 Å². The van der Waals surface area contributed by atoms with Crippen LogP contribution in [0.4, 0.5) is 0 Å². The number of halogens is 1. The standard InChI is InChI=1S/C6H8ClNO2/c1-4-6(3-9)8(7)5(2)10-4/h3,5H,1-2H3. The molecule has 0 aliphatic carbocycles. The SMILES string of the molecule is CC1=C(C=O)N(Cl)C(C)O1. The molecule has 0 amide bonds. The Morgan fingerprint density at radius 2 is 2.40 bits per heavy atom. The van der Waals surface area contributed by atoms with Crippen LogP contribution in [0, 0.1) is 0 Å². The van der Waals surface area contributed by atoms with E-state index in [2.05, 4.69) is 0 Å². The first kappa shape index (κ1) is 7.41. The number of rotatable bonds is 1. The number of nitrogens with zero attached hydrogens (tertiary/aromatic N) is 1. The lowest BCUT2D eigenvalue weighted by Crippen LogP contribution is -2.18. The maximum absolute atomic E-state index is 10.3. The van der Waals surface area contributed by atoms with E-state index in [1.54, 1.807) is 13.8 Å². The van der Waals surface area contributed by atoms with Gasteiger partial charge < -0.3 is 4.74 Å². The van der Waals surface area contributed by atoms with Crippen LogP contribution in [0.5, 0.6) is 0 Å². The number of carbonyl (C=O) groups excluding carboxylic acids is 1. The summed E-state index contributed by atoms with van der Waals surface area (Å²) in [4.78, 5) is 10.3. The van der Waals surface area contributed by atoms with Crippen LogP contribution in [-0.4, -0.2) is 16.9 Å². The Labute approximate surface area is 64.3 Å². The lowest BCUT2D eigenvalue weighted by atomic mass is 10.4. The fraction of sp³-hybridized carbons (Fsp3) is 0.500. The second-order valence-electron chi connectivity index (χ2n) is 2.09. The highest BCUT2D eigenvalue weighted by Gasteiger charge is 2.25. The van der Waals surface area contributed by atoms with E-state index in [1.807, 2.05) is 0 Å². The summed E-state index contributed by atoms with van der Waals surface area (Å²) >= 11 is 5.64. The molecule has 4 heteroatoms. The molecule has 0 radical (unpaired) electrons. The molecular weight excluding hydrogens is 154 g/mol. The van der Waals surface area contributed by atoms with E-state index in [0.717, 1.165) is 0 Å². The van der Waals surface area contributed by atoms with Gasteiger partial charge in [-0.05, 0) is 13.8 Å². The van der Waals surface area contributed by atoms with Crippen LogP contribution in [0.2, 0.25) is 0 Å².